The lowest BCUT2D eigenvalue weighted by molar-refractivity contribution is -0.107. The van der Waals surface area contributed by atoms with E-state index < -0.39 is 0 Å². The van der Waals surface area contributed by atoms with Crippen LogP contribution < -0.4 is 0 Å². The maximum absolute atomic E-state index is 5.17. The van der Waals surface area contributed by atoms with Gasteiger partial charge in [-0.2, -0.15) is 0 Å². The summed E-state index contributed by atoms with van der Waals surface area (Å²) < 4.78 is 10.3. The Bertz CT molecular complexity index is 230. The summed E-state index contributed by atoms with van der Waals surface area (Å²) in [6.07, 6.45) is 21.4. The van der Waals surface area contributed by atoms with Crippen LogP contribution in [0.2, 0.25) is 0 Å². The smallest absolute Gasteiger partial charge is 0.156 e. The Kier molecular flexibility index (Phi) is 16.0. The van der Waals surface area contributed by atoms with E-state index in [0.29, 0.717) is 0 Å². The molecule has 118 valence electrons. The lowest BCUT2D eigenvalue weighted by Gasteiger charge is -2.12. The molecule has 0 aliphatic heterocycles. The van der Waals surface area contributed by atoms with E-state index in [1.54, 1.807) is 14.2 Å². The zero-order chi connectivity index (χ0) is 14.9. The van der Waals surface area contributed by atoms with Crippen molar-refractivity contribution in [1.82, 2.24) is 0 Å². The number of hydrogen-bond donors (Lipinski definition) is 0. The molecule has 0 radical (unpaired) electrons. The van der Waals surface area contributed by atoms with Crippen LogP contribution in [0.4, 0.5) is 0 Å². The van der Waals surface area contributed by atoms with Crippen LogP contribution in [0.15, 0.2) is 24.3 Å². The molecule has 0 aliphatic rings. The highest BCUT2D eigenvalue weighted by molar-refractivity contribution is 5.02. The second kappa shape index (κ2) is 16.5. The first kappa shape index (κ1) is 19.4. The molecule has 20 heavy (non-hydrogen) atoms. The molecule has 0 aromatic heterocycles. The highest BCUT2D eigenvalue weighted by Crippen LogP contribution is 2.10. The van der Waals surface area contributed by atoms with Crippen LogP contribution in [0.1, 0.15) is 71.1 Å². The van der Waals surface area contributed by atoms with Crippen molar-refractivity contribution in [3.63, 3.8) is 0 Å². The summed E-state index contributed by atoms with van der Waals surface area (Å²) in [5.41, 5.74) is 0. The molecule has 0 aromatic rings. The molecule has 0 aromatic carbocycles. The van der Waals surface area contributed by atoms with Gasteiger partial charge in [0, 0.05) is 14.2 Å². The molecule has 2 nitrogen and oxygen atoms in total. The molecule has 2 heteroatoms. The molecule has 0 N–H and O–H groups in total. The summed E-state index contributed by atoms with van der Waals surface area (Å²) in [7, 11) is 3.41. The Balaban J connectivity index is 3.24. The van der Waals surface area contributed by atoms with Gasteiger partial charge in [-0.25, -0.2) is 0 Å². The Hall–Kier alpha value is -0.600. The van der Waals surface area contributed by atoms with E-state index in [1.807, 2.05) is 0 Å². The predicted molar refractivity (Wildman–Crippen MR) is 87.9 cm³/mol. The molecule has 0 spiro atoms. The second-order valence-corrected chi connectivity index (χ2v) is 5.24. The zero-order valence-electron chi connectivity index (χ0n) is 13.8. The van der Waals surface area contributed by atoms with Gasteiger partial charge < -0.3 is 9.47 Å². The predicted octanol–water partition coefficient (Wildman–Crippen LogP) is 5.64. The largest absolute Gasteiger partial charge is 0.356 e. The molecule has 0 amide bonds. The molecule has 0 aliphatic carbocycles. The minimum Gasteiger partial charge on any atom is -0.356 e. The summed E-state index contributed by atoms with van der Waals surface area (Å²) in [5, 5.41) is 0. The van der Waals surface area contributed by atoms with Crippen molar-refractivity contribution in [3.8, 4) is 0 Å². The topological polar surface area (TPSA) is 18.5 Å². The Morgan fingerprint density at radius 3 is 1.90 bits per heavy atom. The average Bonchev–Trinajstić information content (AvgIpc) is 2.48. The van der Waals surface area contributed by atoms with E-state index in [0.717, 1.165) is 6.42 Å². The van der Waals surface area contributed by atoms with Gasteiger partial charge >= 0.3 is 0 Å². The summed E-state index contributed by atoms with van der Waals surface area (Å²) in [6, 6.07) is 0. The first-order valence-corrected chi connectivity index (χ1v) is 8.22. The van der Waals surface area contributed by atoms with Crippen molar-refractivity contribution in [2.24, 2.45) is 0 Å². The fourth-order valence-electron chi connectivity index (χ4n) is 2.11. The van der Waals surface area contributed by atoms with Crippen molar-refractivity contribution in [3.05, 3.63) is 24.3 Å². The molecule has 0 unspecified atom stereocenters. The van der Waals surface area contributed by atoms with Crippen LogP contribution in [-0.2, 0) is 9.47 Å². The number of allylic oxidation sites excluding steroid dienone is 4. The van der Waals surface area contributed by atoms with Crippen molar-refractivity contribution in [1.29, 1.82) is 0 Å². The highest BCUT2D eigenvalue weighted by atomic mass is 16.7. The van der Waals surface area contributed by atoms with Gasteiger partial charge in [-0.05, 0) is 32.1 Å². The Morgan fingerprint density at radius 2 is 1.30 bits per heavy atom. The monoisotopic (exact) mass is 282 g/mol. The van der Waals surface area contributed by atoms with Gasteiger partial charge in [0.05, 0.1) is 0 Å². The van der Waals surface area contributed by atoms with E-state index in [1.165, 1.54) is 57.8 Å². The van der Waals surface area contributed by atoms with Crippen LogP contribution in [0.25, 0.3) is 0 Å². The summed E-state index contributed by atoms with van der Waals surface area (Å²) >= 11 is 0. The van der Waals surface area contributed by atoms with Crippen molar-refractivity contribution >= 4 is 0 Å². The van der Waals surface area contributed by atoms with E-state index in [-0.39, 0.29) is 6.29 Å². The number of unbranched alkanes of at least 4 members (excludes halogenated alkanes) is 7. The van der Waals surface area contributed by atoms with Gasteiger partial charge in [-0.15, -0.1) is 0 Å². The van der Waals surface area contributed by atoms with Crippen LogP contribution in [0, 0.1) is 0 Å². The second-order valence-electron chi connectivity index (χ2n) is 5.24. The van der Waals surface area contributed by atoms with Crippen molar-refractivity contribution in [2.75, 3.05) is 14.2 Å². The SMILES string of the molecule is CCCC/C=C\C=C\CCCCCCCC(OC)OC. The molecular formula is C18H34O2. The number of methoxy groups -OCH3 is 2. The van der Waals surface area contributed by atoms with Gasteiger partial charge in [0.15, 0.2) is 6.29 Å². The van der Waals surface area contributed by atoms with Crippen molar-refractivity contribution in [2.45, 2.75) is 77.4 Å². The molecule has 0 rings (SSSR count). The first-order chi connectivity index (χ1) is 9.85. The van der Waals surface area contributed by atoms with Crippen LogP contribution in [-0.4, -0.2) is 20.5 Å². The standard InChI is InChI=1S/C18H34O2/c1-4-5-6-7-8-9-10-11-12-13-14-15-16-17-18(19-2)20-3/h7-10,18H,4-6,11-17H2,1-3H3/b8-7-,10-9+. The molecule has 0 saturated heterocycles. The van der Waals surface area contributed by atoms with Gasteiger partial charge in [-0.1, -0.05) is 63.3 Å². The van der Waals surface area contributed by atoms with Gasteiger partial charge in [-0.3, -0.25) is 0 Å². The third-order valence-corrected chi connectivity index (χ3v) is 3.44. The third kappa shape index (κ3) is 13.8. The minimum atomic E-state index is -0.0163. The third-order valence-electron chi connectivity index (χ3n) is 3.44. The number of hydrogen-bond acceptors (Lipinski definition) is 2. The lowest BCUT2D eigenvalue weighted by Crippen LogP contribution is -2.12. The van der Waals surface area contributed by atoms with Crippen LogP contribution in [0.3, 0.4) is 0 Å². The molecule has 0 bridgehead atoms. The quantitative estimate of drug-likeness (QED) is 0.233. The Labute approximate surface area is 126 Å². The van der Waals surface area contributed by atoms with Crippen LogP contribution >= 0.6 is 0 Å². The van der Waals surface area contributed by atoms with Crippen molar-refractivity contribution < 1.29 is 9.47 Å². The Morgan fingerprint density at radius 1 is 0.750 bits per heavy atom. The molecule has 0 atom stereocenters. The number of ether oxygens (including phenoxy) is 2. The van der Waals surface area contributed by atoms with E-state index in [9.17, 15) is 0 Å². The maximum Gasteiger partial charge on any atom is 0.156 e. The first-order valence-electron chi connectivity index (χ1n) is 8.22. The fourth-order valence-corrected chi connectivity index (χ4v) is 2.11. The molecule has 0 saturated carbocycles. The molecule has 0 fully saturated rings. The molecular weight excluding hydrogens is 248 g/mol. The van der Waals surface area contributed by atoms with E-state index in [4.69, 9.17) is 9.47 Å². The van der Waals surface area contributed by atoms with Gasteiger partial charge in [0.1, 0.15) is 0 Å². The summed E-state index contributed by atoms with van der Waals surface area (Å²) in [4.78, 5) is 0. The van der Waals surface area contributed by atoms with E-state index >= 15 is 0 Å². The zero-order valence-corrected chi connectivity index (χ0v) is 13.8. The highest BCUT2D eigenvalue weighted by Gasteiger charge is 2.03. The van der Waals surface area contributed by atoms with E-state index in [2.05, 4.69) is 31.2 Å². The summed E-state index contributed by atoms with van der Waals surface area (Å²) in [5.74, 6) is 0. The molecule has 0 heterocycles. The van der Waals surface area contributed by atoms with Crippen LogP contribution in [0.5, 0.6) is 0 Å². The lowest BCUT2D eigenvalue weighted by atomic mass is 10.1. The van der Waals surface area contributed by atoms with Gasteiger partial charge in [0.25, 0.3) is 0 Å². The summed E-state index contributed by atoms with van der Waals surface area (Å²) in [6.45, 7) is 2.23. The van der Waals surface area contributed by atoms with Gasteiger partial charge in [0.2, 0.25) is 0 Å². The normalized spacial score (nSPS) is 12.2. The fraction of sp³-hybridized carbons (Fsp3) is 0.778. The maximum atomic E-state index is 5.17. The minimum absolute atomic E-state index is 0.0163. The average molecular weight is 282 g/mol. The number of rotatable bonds is 14.